The SMILES string of the molecule is COc1c(C)c2c(c(OC(C)=O)c1C/C=C(\C)CCC(=O)OCCN1CCOCC1)C(=O)OC2. The molecular weight excluding hydrogens is 442 g/mol. The Balaban J connectivity index is 1.63. The van der Waals surface area contributed by atoms with Gasteiger partial charge in [0.25, 0.3) is 0 Å². The first-order valence-corrected chi connectivity index (χ1v) is 11.5. The topological polar surface area (TPSA) is 101 Å². The number of ether oxygens (including phenoxy) is 5. The average Bonchev–Trinajstić information content (AvgIpc) is 3.20. The summed E-state index contributed by atoms with van der Waals surface area (Å²) in [5.74, 6) is -0.553. The Morgan fingerprint density at radius 1 is 1.12 bits per heavy atom. The molecule has 0 radical (unpaired) electrons. The molecule has 2 heterocycles. The summed E-state index contributed by atoms with van der Waals surface area (Å²) in [5, 5.41) is 0. The number of carbonyl (C=O) groups is 3. The zero-order valence-electron chi connectivity index (χ0n) is 20.4. The van der Waals surface area contributed by atoms with E-state index >= 15 is 0 Å². The van der Waals surface area contributed by atoms with Crippen LogP contribution in [0.25, 0.3) is 0 Å². The lowest BCUT2D eigenvalue weighted by Crippen LogP contribution is -2.38. The summed E-state index contributed by atoms with van der Waals surface area (Å²) in [6.45, 7) is 9.41. The number of morpholine rings is 1. The van der Waals surface area contributed by atoms with E-state index in [0.29, 0.717) is 56.1 Å². The highest BCUT2D eigenvalue weighted by Gasteiger charge is 2.33. The van der Waals surface area contributed by atoms with Gasteiger partial charge in [-0.1, -0.05) is 11.6 Å². The fraction of sp³-hybridized carbons (Fsp3) is 0.560. The van der Waals surface area contributed by atoms with Crippen molar-refractivity contribution in [3.05, 3.63) is 33.9 Å². The fourth-order valence-electron chi connectivity index (χ4n) is 4.13. The molecule has 9 nitrogen and oxygen atoms in total. The molecule has 9 heteroatoms. The number of allylic oxidation sites excluding steroid dienone is 2. The molecule has 0 N–H and O–H groups in total. The smallest absolute Gasteiger partial charge is 0.342 e. The van der Waals surface area contributed by atoms with Crippen LogP contribution in [0, 0.1) is 6.92 Å². The monoisotopic (exact) mass is 475 g/mol. The lowest BCUT2D eigenvalue weighted by atomic mass is 9.94. The summed E-state index contributed by atoms with van der Waals surface area (Å²) >= 11 is 0. The molecule has 34 heavy (non-hydrogen) atoms. The first-order valence-electron chi connectivity index (χ1n) is 11.5. The molecule has 1 saturated heterocycles. The lowest BCUT2D eigenvalue weighted by Gasteiger charge is -2.26. The second-order valence-electron chi connectivity index (χ2n) is 8.42. The maximum atomic E-state index is 12.3. The number of esters is 3. The summed E-state index contributed by atoms with van der Waals surface area (Å²) in [6, 6.07) is 0. The molecule has 0 amide bonds. The summed E-state index contributed by atoms with van der Waals surface area (Å²) in [4.78, 5) is 38.5. The lowest BCUT2D eigenvalue weighted by molar-refractivity contribution is -0.144. The first-order chi connectivity index (χ1) is 16.3. The number of carbonyl (C=O) groups excluding carboxylic acids is 3. The van der Waals surface area contributed by atoms with Crippen molar-refractivity contribution in [1.29, 1.82) is 0 Å². The van der Waals surface area contributed by atoms with Crippen molar-refractivity contribution in [3.63, 3.8) is 0 Å². The first kappa shape index (κ1) is 25.7. The highest BCUT2D eigenvalue weighted by Crippen LogP contribution is 2.43. The summed E-state index contributed by atoms with van der Waals surface area (Å²) in [7, 11) is 1.54. The predicted molar refractivity (Wildman–Crippen MR) is 123 cm³/mol. The van der Waals surface area contributed by atoms with Crippen LogP contribution in [0.5, 0.6) is 11.5 Å². The summed E-state index contributed by atoms with van der Waals surface area (Å²) in [5.41, 5.74) is 3.30. The highest BCUT2D eigenvalue weighted by atomic mass is 16.6. The molecule has 2 aliphatic heterocycles. The largest absolute Gasteiger partial charge is 0.496 e. The molecule has 0 atom stereocenters. The molecule has 0 bridgehead atoms. The Morgan fingerprint density at radius 2 is 1.85 bits per heavy atom. The van der Waals surface area contributed by atoms with E-state index in [1.807, 2.05) is 19.9 Å². The minimum Gasteiger partial charge on any atom is -0.496 e. The minimum absolute atomic E-state index is 0.118. The van der Waals surface area contributed by atoms with E-state index in [-0.39, 0.29) is 30.3 Å². The molecule has 2 aliphatic rings. The van der Waals surface area contributed by atoms with Crippen LogP contribution in [-0.2, 0) is 36.8 Å². The van der Waals surface area contributed by atoms with Gasteiger partial charge >= 0.3 is 17.9 Å². The van der Waals surface area contributed by atoms with E-state index in [1.54, 1.807) is 0 Å². The van der Waals surface area contributed by atoms with Crippen molar-refractivity contribution in [2.24, 2.45) is 0 Å². The Hall–Kier alpha value is -2.91. The van der Waals surface area contributed by atoms with E-state index in [9.17, 15) is 14.4 Å². The molecule has 3 rings (SSSR count). The van der Waals surface area contributed by atoms with Crippen molar-refractivity contribution in [2.75, 3.05) is 46.6 Å². The Labute approximate surface area is 199 Å². The van der Waals surface area contributed by atoms with Gasteiger partial charge in [0.15, 0.2) is 5.75 Å². The third-order valence-electron chi connectivity index (χ3n) is 6.02. The zero-order chi connectivity index (χ0) is 24.7. The van der Waals surface area contributed by atoms with Crippen molar-refractivity contribution < 1.29 is 38.1 Å². The van der Waals surface area contributed by atoms with Gasteiger partial charge in [-0.3, -0.25) is 14.5 Å². The number of methoxy groups -OCH3 is 1. The van der Waals surface area contributed by atoms with E-state index in [4.69, 9.17) is 23.7 Å². The molecule has 1 fully saturated rings. The van der Waals surface area contributed by atoms with Crippen molar-refractivity contribution in [1.82, 2.24) is 4.90 Å². The van der Waals surface area contributed by atoms with Gasteiger partial charge in [0, 0.05) is 44.1 Å². The Kier molecular flexibility index (Phi) is 9.06. The van der Waals surface area contributed by atoms with E-state index in [1.165, 1.54) is 14.0 Å². The molecular formula is C25H33NO8. The maximum Gasteiger partial charge on any atom is 0.342 e. The van der Waals surface area contributed by atoms with E-state index in [0.717, 1.165) is 24.2 Å². The second-order valence-corrected chi connectivity index (χ2v) is 8.42. The molecule has 186 valence electrons. The highest BCUT2D eigenvalue weighted by molar-refractivity contribution is 5.99. The van der Waals surface area contributed by atoms with Crippen LogP contribution in [-0.4, -0.2) is 69.4 Å². The van der Waals surface area contributed by atoms with Crippen LogP contribution in [0.15, 0.2) is 11.6 Å². The van der Waals surface area contributed by atoms with Gasteiger partial charge < -0.3 is 23.7 Å². The fourth-order valence-corrected chi connectivity index (χ4v) is 4.13. The quantitative estimate of drug-likeness (QED) is 0.287. The third kappa shape index (κ3) is 6.36. The summed E-state index contributed by atoms with van der Waals surface area (Å²) in [6.07, 6.45) is 3.12. The maximum absolute atomic E-state index is 12.3. The van der Waals surface area contributed by atoms with Crippen molar-refractivity contribution in [3.8, 4) is 11.5 Å². The van der Waals surface area contributed by atoms with Crippen molar-refractivity contribution >= 4 is 17.9 Å². The van der Waals surface area contributed by atoms with Crippen LogP contribution in [0.1, 0.15) is 53.7 Å². The van der Waals surface area contributed by atoms with Crippen LogP contribution in [0.4, 0.5) is 0 Å². The van der Waals surface area contributed by atoms with Crippen molar-refractivity contribution in [2.45, 2.75) is 46.6 Å². The van der Waals surface area contributed by atoms with Gasteiger partial charge in [-0.25, -0.2) is 4.79 Å². The van der Waals surface area contributed by atoms with Crippen LogP contribution in [0.2, 0.25) is 0 Å². The number of fused-ring (bicyclic) bond motifs is 1. The van der Waals surface area contributed by atoms with Gasteiger partial charge in [0.1, 0.15) is 24.5 Å². The Morgan fingerprint density at radius 3 is 2.53 bits per heavy atom. The number of rotatable bonds is 10. The molecule has 1 aromatic rings. The van der Waals surface area contributed by atoms with Gasteiger partial charge in [-0.05, 0) is 32.3 Å². The Bertz CT molecular complexity index is 962. The average molecular weight is 476 g/mol. The molecule has 0 aromatic heterocycles. The van der Waals surface area contributed by atoms with Gasteiger partial charge in [0.05, 0.1) is 20.3 Å². The molecule has 1 aromatic carbocycles. The normalized spacial score (nSPS) is 16.1. The zero-order valence-corrected chi connectivity index (χ0v) is 20.4. The van der Waals surface area contributed by atoms with Crippen LogP contribution < -0.4 is 9.47 Å². The van der Waals surface area contributed by atoms with Crippen LogP contribution in [0.3, 0.4) is 0 Å². The number of benzene rings is 1. The molecule has 0 spiro atoms. The number of hydrogen-bond acceptors (Lipinski definition) is 9. The standard InChI is InChI=1S/C25H33NO8/c1-16(6-8-21(28)32-14-11-26-9-12-31-13-10-26)5-7-19-23(30-4)17(2)20-15-33-25(29)22(20)24(19)34-18(3)27/h5H,6-15H2,1-4H3/b16-5+. The van der Waals surface area contributed by atoms with E-state index < -0.39 is 11.9 Å². The minimum atomic E-state index is -0.533. The number of cyclic esters (lactones) is 1. The predicted octanol–water partition coefficient (Wildman–Crippen LogP) is 2.74. The van der Waals surface area contributed by atoms with Crippen LogP contribution >= 0.6 is 0 Å². The molecule has 0 unspecified atom stereocenters. The molecule has 0 saturated carbocycles. The van der Waals surface area contributed by atoms with E-state index in [2.05, 4.69) is 4.90 Å². The number of hydrogen-bond donors (Lipinski definition) is 0. The third-order valence-corrected chi connectivity index (χ3v) is 6.02. The number of nitrogens with zero attached hydrogens (tertiary/aromatic N) is 1. The molecule has 0 aliphatic carbocycles. The van der Waals surface area contributed by atoms with Gasteiger partial charge in [-0.2, -0.15) is 0 Å². The summed E-state index contributed by atoms with van der Waals surface area (Å²) < 4.78 is 26.9. The second kappa shape index (κ2) is 12.0. The van der Waals surface area contributed by atoms with Gasteiger partial charge in [-0.15, -0.1) is 0 Å². The van der Waals surface area contributed by atoms with Gasteiger partial charge in [0.2, 0.25) is 0 Å².